The monoisotopic (exact) mass is 474 g/mol. The highest BCUT2D eigenvalue weighted by molar-refractivity contribution is 7.89. The molecular formula is C18H17Cl3N4O3S. The largest absolute Gasteiger partial charge is 0.381 e. The number of halogens is 3. The summed E-state index contributed by atoms with van der Waals surface area (Å²) in [6.45, 7) is 1.44. The Kier molecular flexibility index (Phi) is 6.52. The maximum Gasteiger partial charge on any atom is 0.240 e. The third-order valence-corrected chi connectivity index (χ3v) is 6.80. The quantitative estimate of drug-likeness (QED) is 0.545. The number of hydrogen-bond donors (Lipinski definition) is 2. The molecule has 154 valence electrons. The Labute approximate surface area is 183 Å². The highest BCUT2D eigenvalue weighted by atomic mass is 35.5. The van der Waals surface area contributed by atoms with Crippen LogP contribution in [-0.2, 0) is 22.2 Å². The molecule has 2 N–H and O–H groups in total. The van der Waals surface area contributed by atoms with Crippen molar-refractivity contribution < 1.29 is 13.5 Å². The van der Waals surface area contributed by atoms with Crippen LogP contribution in [0.1, 0.15) is 12.5 Å². The number of benzene rings is 2. The second-order valence-corrected chi connectivity index (χ2v) is 9.43. The van der Waals surface area contributed by atoms with Gasteiger partial charge in [0.25, 0.3) is 0 Å². The molecule has 0 aliphatic rings. The second kappa shape index (κ2) is 8.59. The van der Waals surface area contributed by atoms with Crippen molar-refractivity contribution in [2.45, 2.75) is 30.0 Å². The van der Waals surface area contributed by atoms with Crippen LogP contribution in [0.3, 0.4) is 0 Å². The molecule has 2 atom stereocenters. The van der Waals surface area contributed by atoms with Crippen LogP contribution < -0.4 is 4.72 Å². The normalized spacial score (nSPS) is 15.1. The van der Waals surface area contributed by atoms with Crippen molar-refractivity contribution in [2.24, 2.45) is 0 Å². The van der Waals surface area contributed by atoms with Gasteiger partial charge in [0, 0.05) is 20.6 Å². The minimum absolute atomic E-state index is 0.0130. The van der Waals surface area contributed by atoms with Crippen molar-refractivity contribution >= 4 is 44.8 Å². The van der Waals surface area contributed by atoms with E-state index in [2.05, 4.69) is 14.8 Å². The maximum absolute atomic E-state index is 12.8. The number of aliphatic hydroxyl groups is 1. The van der Waals surface area contributed by atoms with E-state index in [-0.39, 0.29) is 16.5 Å². The van der Waals surface area contributed by atoms with Crippen LogP contribution in [-0.4, -0.2) is 34.3 Å². The molecule has 1 aromatic heterocycles. The van der Waals surface area contributed by atoms with Gasteiger partial charge in [-0.15, -0.1) is 0 Å². The van der Waals surface area contributed by atoms with E-state index in [9.17, 15) is 13.5 Å². The molecule has 2 aromatic carbocycles. The van der Waals surface area contributed by atoms with E-state index in [1.165, 1.54) is 54.6 Å². The molecule has 11 heteroatoms. The van der Waals surface area contributed by atoms with E-state index >= 15 is 0 Å². The number of sulfonamides is 1. The van der Waals surface area contributed by atoms with Gasteiger partial charge >= 0.3 is 0 Å². The minimum Gasteiger partial charge on any atom is -0.381 e. The molecule has 3 aromatic rings. The molecule has 0 aliphatic heterocycles. The number of nitrogens with one attached hydrogen (secondary N) is 1. The molecule has 29 heavy (non-hydrogen) atoms. The summed E-state index contributed by atoms with van der Waals surface area (Å²) in [5.41, 5.74) is -1.46. The van der Waals surface area contributed by atoms with Crippen LogP contribution in [0.25, 0.3) is 0 Å². The first kappa shape index (κ1) is 22.0. The highest BCUT2D eigenvalue weighted by Gasteiger charge is 2.40. The van der Waals surface area contributed by atoms with E-state index in [1.807, 2.05) is 0 Å². The van der Waals surface area contributed by atoms with Crippen LogP contribution in [0, 0.1) is 0 Å². The Morgan fingerprint density at radius 3 is 2.38 bits per heavy atom. The lowest BCUT2D eigenvalue weighted by Gasteiger charge is -2.35. The standard InChI is InChI=1S/C18H17Cl3N4O3S/c1-12(24-29(27,28)15-5-2-13(19)3-6-15)18(26,9-25-11-22-10-23-25)16-7-4-14(20)8-17(16)21/h2-8,10-12,24,26H,9H2,1H3/t12-,18-/m1/s1. The summed E-state index contributed by atoms with van der Waals surface area (Å²) in [5.74, 6) is 0. The molecule has 0 saturated heterocycles. The lowest BCUT2D eigenvalue weighted by Crippen LogP contribution is -2.51. The summed E-state index contributed by atoms with van der Waals surface area (Å²) in [6, 6.07) is 9.30. The number of rotatable bonds is 7. The van der Waals surface area contributed by atoms with Gasteiger partial charge in [-0.25, -0.2) is 22.8 Å². The molecule has 0 bridgehead atoms. The first-order valence-electron chi connectivity index (χ1n) is 8.40. The first-order chi connectivity index (χ1) is 13.6. The van der Waals surface area contributed by atoms with Gasteiger partial charge in [0.05, 0.1) is 17.5 Å². The van der Waals surface area contributed by atoms with Gasteiger partial charge in [0.15, 0.2) is 0 Å². The Morgan fingerprint density at radius 1 is 1.14 bits per heavy atom. The van der Waals surface area contributed by atoms with E-state index in [1.54, 1.807) is 12.1 Å². The van der Waals surface area contributed by atoms with Gasteiger partial charge in [-0.2, -0.15) is 5.10 Å². The Hall–Kier alpha value is -1.68. The molecule has 7 nitrogen and oxygen atoms in total. The summed E-state index contributed by atoms with van der Waals surface area (Å²) >= 11 is 18.1. The summed E-state index contributed by atoms with van der Waals surface area (Å²) in [7, 11) is -3.95. The summed E-state index contributed by atoms with van der Waals surface area (Å²) < 4.78 is 29.5. The van der Waals surface area contributed by atoms with Crippen molar-refractivity contribution in [2.75, 3.05) is 0 Å². The molecule has 0 unspecified atom stereocenters. The molecule has 0 radical (unpaired) electrons. The number of aromatic nitrogens is 3. The molecule has 0 fully saturated rings. The smallest absolute Gasteiger partial charge is 0.240 e. The van der Waals surface area contributed by atoms with Crippen LogP contribution >= 0.6 is 34.8 Å². The predicted molar refractivity (Wildman–Crippen MR) is 112 cm³/mol. The zero-order valence-electron chi connectivity index (χ0n) is 15.1. The lowest BCUT2D eigenvalue weighted by molar-refractivity contribution is -0.0103. The zero-order chi connectivity index (χ0) is 21.2. The topological polar surface area (TPSA) is 97.1 Å². The minimum atomic E-state index is -3.95. The summed E-state index contributed by atoms with van der Waals surface area (Å²) in [6.07, 6.45) is 2.72. The van der Waals surface area contributed by atoms with Gasteiger partial charge in [-0.3, -0.25) is 0 Å². The third-order valence-electron chi connectivity index (χ3n) is 4.44. The van der Waals surface area contributed by atoms with E-state index < -0.39 is 21.7 Å². The van der Waals surface area contributed by atoms with Gasteiger partial charge < -0.3 is 5.11 Å². The van der Waals surface area contributed by atoms with Crippen molar-refractivity contribution in [1.29, 1.82) is 0 Å². The third kappa shape index (κ3) is 4.91. The fourth-order valence-corrected chi connectivity index (χ4v) is 4.86. The van der Waals surface area contributed by atoms with Crippen molar-refractivity contribution in [3.63, 3.8) is 0 Å². The fourth-order valence-electron chi connectivity index (χ4n) is 2.87. The molecule has 0 amide bonds. The van der Waals surface area contributed by atoms with Gasteiger partial charge in [-0.05, 0) is 43.3 Å². The Balaban J connectivity index is 2.00. The lowest BCUT2D eigenvalue weighted by atomic mass is 9.87. The van der Waals surface area contributed by atoms with Crippen LogP contribution in [0.2, 0.25) is 15.1 Å². The first-order valence-corrected chi connectivity index (χ1v) is 11.0. The van der Waals surface area contributed by atoms with Gasteiger partial charge in [0.1, 0.15) is 18.3 Å². The number of nitrogens with zero attached hydrogens (tertiary/aromatic N) is 3. The number of hydrogen-bond acceptors (Lipinski definition) is 5. The van der Waals surface area contributed by atoms with Gasteiger partial charge in [0.2, 0.25) is 10.0 Å². The van der Waals surface area contributed by atoms with Crippen molar-refractivity contribution in [1.82, 2.24) is 19.5 Å². The highest BCUT2D eigenvalue weighted by Crippen LogP contribution is 2.35. The summed E-state index contributed by atoms with van der Waals surface area (Å²) in [5, 5.41) is 16.6. The molecule has 3 rings (SSSR count). The zero-order valence-corrected chi connectivity index (χ0v) is 18.2. The van der Waals surface area contributed by atoms with Crippen LogP contribution in [0.15, 0.2) is 60.0 Å². The van der Waals surface area contributed by atoms with Crippen molar-refractivity contribution in [3.05, 3.63) is 75.8 Å². The second-order valence-electron chi connectivity index (χ2n) is 6.44. The molecule has 1 heterocycles. The average molecular weight is 476 g/mol. The van der Waals surface area contributed by atoms with Crippen LogP contribution in [0.5, 0.6) is 0 Å². The van der Waals surface area contributed by atoms with Crippen LogP contribution in [0.4, 0.5) is 0 Å². The molecule has 0 spiro atoms. The Bertz CT molecular complexity index is 1090. The molecule has 0 aliphatic carbocycles. The Morgan fingerprint density at radius 2 is 1.79 bits per heavy atom. The SMILES string of the molecule is C[C@@H](NS(=O)(=O)c1ccc(Cl)cc1)[C@](O)(Cn1cncn1)c1ccc(Cl)cc1Cl. The summed E-state index contributed by atoms with van der Waals surface area (Å²) in [4.78, 5) is 3.87. The van der Waals surface area contributed by atoms with E-state index in [0.717, 1.165) is 0 Å². The fraction of sp³-hybridized carbons (Fsp3) is 0.222. The maximum atomic E-state index is 12.8. The molecule has 0 saturated carbocycles. The van der Waals surface area contributed by atoms with E-state index in [4.69, 9.17) is 34.8 Å². The average Bonchev–Trinajstić information content (AvgIpc) is 3.14. The van der Waals surface area contributed by atoms with Gasteiger partial charge in [-0.1, -0.05) is 40.9 Å². The van der Waals surface area contributed by atoms with E-state index in [0.29, 0.717) is 15.6 Å². The predicted octanol–water partition coefficient (Wildman–Crippen LogP) is 3.49. The molecular weight excluding hydrogens is 459 g/mol. The van der Waals surface area contributed by atoms with Crippen molar-refractivity contribution in [3.8, 4) is 0 Å².